The van der Waals surface area contributed by atoms with E-state index in [0.29, 0.717) is 6.54 Å². The summed E-state index contributed by atoms with van der Waals surface area (Å²) in [4.78, 5) is 4.06. The van der Waals surface area contributed by atoms with Gasteiger partial charge in [-0.05, 0) is 13.8 Å². The van der Waals surface area contributed by atoms with Crippen LogP contribution in [-0.2, 0) is 13.6 Å². The lowest BCUT2D eigenvalue weighted by Crippen LogP contribution is -2.19. The van der Waals surface area contributed by atoms with E-state index in [9.17, 15) is 0 Å². The zero-order valence-electron chi connectivity index (χ0n) is 9.73. The summed E-state index contributed by atoms with van der Waals surface area (Å²) in [5.41, 5.74) is 2.27. The van der Waals surface area contributed by atoms with Gasteiger partial charge in [-0.25, -0.2) is 4.98 Å². The second-order valence-corrected chi connectivity index (χ2v) is 3.88. The average molecular weight is 220 g/mol. The van der Waals surface area contributed by atoms with Gasteiger partial charge in [0.05, 0.1) is 12.2 Å². The zero-order valence-corrected chi connectivity index (χ0v) is 9.73. The molecule has 0 spiro atoms. The van der Waals surface area contributed by atoms with Crippen molar-refractivity contribution in [2.24, 2.45) is 7.05 Å². The summed E-state index contributed by atoms with van der Waals surface area (Å²) in [5, 5.41) is 14.3. The van der Waals surface area contributed by atoms with Gasteiger partial charge in [-0.2, -0.15) is 10.2 Å². The first-order valence-electron chi connectivity index (χ1n) is 5.24. The van der Waals surface area contributed by atoms with E-state index in [2.05, 4.69) is 32.5 Å². The predicted molar refractivity (Wildman–Crippen MR) is 59.6 cm³/mol. The number of aryl methyl sites for hydroxylation is 2. The van der Waals surface area contributed by atoms with Crippen molar-refractivity contribution >= 4 is 0 Å². The van der Waals surface area contributed by atoms with Gasteiger partial charge in [0.2, 0.25) is 0 Å². The molecule has 0 aliphatic carbocycles. The molecule has 0 bridgehead atoms. The molecule has 0 saturated heterocycles. The maximum Gasteiger partial charge on any atom is 0.138 e. The summed E-state index contributed by atoms with van der Waals surface area (Å²) in [6.07, 6.45) is 3.55. The Bertz CT molecular complexity index is 444. The highest BCUT2D eigenvalue weighted by Gasteiger charge is 2.11. The Kier molecular flexibility index (Phi) is 3.00. The maximum atomic E-state index is 4.32. The topological polar surface area (TPSA) is 71.4 Å². The fourth-order valence-corrected chi connectivity index (χ4v) is 1.72. The molecule has 2 heterocycles. The average Bonchev–Trinajstić information content (AvgIpc) is 2.84. The lowest BCUT2D eigenvalue weighted by molar-refractivity contribution is 0.558. The van der Waals surface area contributed by atoms with Gasteiger partial charge >= 0.3 is 0 Å². The van der Waals surface area contributed by atoms with Crippen LogP contribution in [-0.4, -0.2) is 25.0 Å². The number of nitrogens with zero attached hydrogens (tertiary/aromatic N) is 4. The Morgan fingerprint density at radius 3 is 2.94 bits per heavy atom. The molecular weight excluding hydrogens is 204 g/mol. The molecule has 6 nitrogen and oxygen atoms in total. The molecule has 1 unspecified atom stereocenters. The first-order chi connectivity index (χ1) is 7.66. The molecule has 86 valence electrons. The van der Waals surface area contributed by atoms with Gasteiger partial charge in [-0.15, -0.1) is 0 Å². The highest BCUT2D eigenvalue weighted by atomic mass is 15.3. The van der Waals surface area contributed by atoms with Crippen LogP contribution in [0.2, 0.25) is 0 Å². The highest BCUT2D eigenvalue weighted by Crippen LogP contribution is 2.15. The molecule has 1 atom stereocenters. The van der Waals surface area contributed by atoms with Crippen molar-refractivity contribution in [3.8, 4) is 0 Å². The van der Waals surface area contributed by atoms with Crippen LogP contribution in [0, 0.1) is 6.92 Å². The second kappa shape index (κ2) is 4.44. The van der Waals surface area contributed by atoms with Crippen LogP contribution in [0.3, 0.4) is 0 Å². The van der Waals surface area contributed by atoms with Crippen molar-refractivity contribution in [2.45, 2.75) is 26.4 Å². The largest absolute Gasteiger partial charge is 0.303 e. The molecule has 0 aliphatic heterocycles. The van der Waals surface area contributed by atoms with Crippen LogP contribution in [0.4, 0.5) is 0 Å². The molecule has 2 aromatic rings. The van der Waals surface area contributed by atoms with E-state index in [1.807, 2.05) is 24.9 Å². The Balaban J connectivity index is 1.98. The van der Waals surface area contributed by atoms with Gasteiger partial charge in [0.15, 0.2) is 0 Å². The zero-order chi connectivity index (χ0) is 11.5. The first-order valence-corrected chi connectivity index (χ1v) is 5.24. The minimum atomic E-state index is 0.249. The molecule has 2 N–H and O–H groups in total. The van der Waals surface area contributed by atoms with E-state index in [4.69, 9.17) is 0 Å². The predicted octanol–water partition coefficient (Wildman–Crippen LogP) is 0.697. The molecule has 16 heavy (non-hydrogen) atoms. The van der Waals surface area contributed by atoms with Crippen molar-refractivity contribution in [3.05, 3.63) is 29.6 Å². The number of rotatable bonds is 4. The van der Waals surface area contributed by atoms with Crippen LogP contribution in [0.15, 0.2) is 12.5 Å². The van der Waals surface area contributed by atoms with Gasteiger partial charge in [0.1, 0.15) is 12.2 Å². The molecule has 0 amide bonds. The summed E-state index contributed by atoms with van der Waals surface area (Å²) in [6, 6.07) is 0.249. The van der Waals surface area contributed by atoms with Crippen LogP contribution in [0.25, 0.3) is 0 Å². The van der Waals surface area contributed by atoms with Crippen molar-refractivity contribution in [2.75, 3.05) is 0 Å². The van der Waals surface area contributed by atoms with Crippen LogP contribution in [0.1, 0.15) is 30.0 Å². The van der Waals surface area contributed by atoms with Gasteiger partial charge in [-0.3, -0.25) is 9.78 Å². The molecule has 2 rings (SSSR count). The van der Waals surface area contributed by atoms with Crippen molar-refractivity contribution in [1.82, 2.24) is 30.3 Å². The summed E-state index contributed by atoms with van der Waals surface area (Å²) in [6.45, 7) is 4.80. The smallest absolute Gasteiger partial charge is 0.138 e. The van der Waals surface area contributed by atoms with Crippen molar-refractivity contribution in [3.63, 3.8) is 0 Å². The number of H-pyrrole nitrogens is 1. The fraction of sp³-hybridized carbons (Fsp3) is 0.500. The number of aromatic amines is 1. The van der Waals surface area contributed by atoms with Crippen LogP contribution >= 0.6 is 0 Å². The van der Waals surface area contributed by atoms with Crippen LogP contribution < -0.4 is 5.32 Å². The second-order valence-electron chi connectivity index (χ2n) is 3.88. The summed E-state index contributed by atoms with van der Waals surface area (Å²) >= 11 is 0. The number of nitrogens with one attached hydrogen (secondary N) is 2. The molecule has 6 heteroatoms. The normalized spacial score (nSPS) is 12.9. The Morgan fingerprint density at radius 2 is 2.38 bits per heavy atom. The molecule has 0 radical (unpaired) electrons. The van der Waals surface area contributed by atoms with Crippen molar-refractivity contribution in [1.29, 1.82) is 0 Å². The lowest BCUT2D eigenvalue weighted by atomic mass is 10.1. The fourth-order valence-electron chi connectivity index (χ4n) is 1.72. The minimum Gasteiger partial charge on any atom is -0.303 e. The van der Waals surface area contributed by atoms with Gasteiger partial charge in [0.25, 0.3) is 0 Å². The molecular formula is C10H16N6. The van der Waals surface area contributed by atoms with E-state index in [-0.39, 0.29) is 6.04 Å². The Hall–Kier alpha value is -1.69. The summed E-state index contributed by atoms with van der Waals surface area (Å²) in [7, 11) is 1.93. The third kappa shape index (κ3) is 2.27. The van der Waals surface area contributed by atoms with E-state index in [0.717, 1.165) is 11.5 Å². The van der Waals surface area contributed by atoms with E-state index in [1.165, 1.54) is 11.9 Å². The van der Waals surface area contributed by atoms with Gasteiger partial charge in [-0.1, -0.05) is 0 Å². The van der Waals surface area contributed by atoms with Gasteiger partial charge < -0.3 is 5.32 Å². The molecule has 0 fully saturated rings. The van der Waals surface area contributed by atoms with Crippen molar-refractivity contribution < 1.29 is 0 Å². The quantitative estimate of drug-likeness (QED) is 0.795. The van der Waals surface area contributed by atoms with E-state index >= 15 is 0 Å². The maximum absolute atomic E-state index is 4.32. The lowest BCUT2D eigenvalue weighted by Gasteiger charge is -2.11. The number of aromatic nitrogens is 5. The Labute approximate surface area is 94.1 Å². The number of hydrogen-bond donors (Lipinski definition) is 2. The third-order valence-corrected chi connectivity index (χ3v) is 2.56. The molecule has 0 aliphatic rings. The first kappa shape index (κ1) is 10.8. The molecule has 2 aromatic heterocycles. The van der Waals surface area contributed by atoms with E-state index in [1.54, 1.807) is 0 Å². The van der Waals surface area contributed by atoms with Crippen LogP contribution in [0.5, 0.6) is 0 Å². The highest BCUT2D eigenvalue weighted by molar-refractivity contribution is 5.19. The summed E-state index contributed by atoms with van der Waals surface area (Å²) < 4.78 is 1.83. The SMILES string of the molecule is Cc1nn(C)cc1C(C)NCc1ncn[nH]1. The molecule has 0 saturated carbocycles. The Morgan fingerprint density at radius 1 is 1.56 bits per heavy atom. The standard InChI is InChI=1S/C10H16N6/c1-7(9-5-16(3)15-8(9)2)11-4-10-12-6-13-14-10/h5-7,11H,4H2,1-3H3,(H,12,13,14). The van der Waals surface area contributed by atoms with Gasteiger partial charge in [0, 0.05) is 24.8 Å². The minimum absolute atomic E-state index is 0.249. The van der Waals surface area contributed by atoms with E-state index < -0.39 is 0 Å². The number of hydrogen-bond acceptors (Lipinski definition) is 4. The third-order valence-electron chi connectivity index (χ3n) is 2.56. The summed E-state index contributed by atoms with van der Waals surface area (Å²) in [5.74, 6) is 0.841. The molecule has 0 aromatic carbocycles. The monoisotopic (exact) mass is 220 g/mol.